The number of carboxylic acid groups (broad SMARTS) is 1. The van der Waals surface area contributed by atoms with E-state index < -0.39 is 24.4 Å². The van der Waals surface area contributed by atoms with Crippen LogP contribution in [0.5, 0.6) is 0 Å². The predicted octanol–water partition coefficient (Wildman–Crippen LogP) is 0.610. The summed E-state index contributed by atoms with van der Waals surface area (Å²) < 4.78 is 25.0. The van der Waals surface area contributed by atoms with E-state index in [0.717, 1.165) is 6.08 Å². The lowest BCUT2D eigenvalue weighted by molar-refractivity contribution is -0.148. The molecule has 0 aliphatic carbocycles. The molecule has 0 amide bonds. The molecule has 0 radical (unpaired) electrons. The molecule has 3 nitrogen and oxygen atoms in total. The van der Waals surface area contributed by atoms with Gasteiger partial charge < -0.3 is 10.8 Å². The highest BCUT2D eigenvalue weighted by Gasteiger charge is 2.40. The molecule has 0 heterocycles. The minimum absolute atomic E-state index is 0.722. The number of hydrogen-bond acceptors (Lipinski definition) is 2. The third-order valence-electron chi connectivity index (χ3n) is 1.14. The average molecular weight is 165 g/mol. The summed E-state index contributed by atoms with van der Waals surface area (Å²) in [6.07, 6.45) is 0.212. The minimum Gasteiger partial charge on any atom is -0.480 e. The van der Waals surface area contributed by atoms with Crippen LogP contribution in [0.4, 0.5) is 8.78 Å². The van der Waals surface area contributed by atoms with E-state index in [1.807, 2.05) is 0 Å². The normalized spacial score (nSPS) is 14.1. The quantitative estimate of drug-likeness (QED) is 0.600. The smallest absolute Gasteiger partial charge is 0.326 e. The monoisotopic (exact) mass is 165 g/mol. The SMILES string of the molecule is C=CCC(F)(F)[C@H](N)C(=O)O. The largest absolute Gasteiger partial charge is 0.480 e. The van der Waals surface area contributed by atoms with Crippen LogP contribution in [0.15, 0.2) is 12.7 Å². The van der Waals surface area contributed by atoms with Crippen molar-refractivity contribution in [2.24, 2.45) is 5.73 Å². The first kappa shape index (κ1) is 10.0. The van der Waals surface area contributed by atoms with Crippen LogP contribution in [0.1, 0.15) is 6.42 Å². The maximum atomic E-state index is 12.5. The molecule has 0 saturated heterocycles. The maximum absolute atomic E-state index is 12.5. The average Bonchev–Trinajstić information content (AvgIpc) is 1.86. The Kier molecular flexibility index (Phi) is 3.13. The summed E-state index contributed by atoms with van der Waals surface area (Å²) in [6, 6.07) is -2.15. The number of alkyl halides is 2. The summed E-state index contributed by atoms with van der Waals surface area (Å²) >= 11 is 0. The summed E-state index contributed by atoms with van der Waals surface area (Å²) in [4.78, 5) is 9.98. The van der Waals surface area contributed by atoms with Gasteiger partial charge >= 0.3 is 5.97 Å². The number of aliphatic carboxylic acids is 1. The Morgan fingerprint density at radius 1 is 1.82 bits per heavy atom. The Labute approximate surface area is 62.5 Å². The van der Waals surface area contributed by atoms with Crippen molar-refractivity contribution in [1.29, 1.82) is 0 Å². The molecule has 11 heavy (non-hydrogen) atoms. The lowest BCUT2D eigenvalue weighted by atomic mass is 10.1. The molecule has 0 saturated carbocycles. The zero-order valence-electron chi connectivity index (χ0n) is 5.76. The Bertz CT molecular complexity index is 170. The molecule has 1 atom stereocenters. The van der Waals surface area contributed by atoms with Crippen LogP contribution >= 0.6 is 0 Å². The molecule has 0 unspecified atom stereocenters. The second-order valence-electron chi connectivity index (χ2n) is 2.07. The van der Waals surface area contributed by atoms with Crippen LogP contribution in [-0.4, -0.2) is 23.0 Å². The molecule has 64 valence electrons. The molecular formula is C6H9F2NO2. The van der Waals surface area contributed by atoms with Gasteiger partial charge in [-0.2, -0.15) is 0 Å². The van der Waals surface area contributed by atoms with Crippen molar-refractivity contribution in [3.63, 3.8) is 0 Å². The first-order chi connectivity index (χ1) is 4.91. The van der Waals surface area contributed by atoms with Crippen LogP contribution < -0.4 is 5.73 Å². The van der Waals surface area contributed by atoms with E-state index in [2.05, 4.69) is 12.3 Å². The summed E-state index contributed by atoms with van der Waals surface area (Å²) in [5.74, 6) is -5.12. The Balaban J connectivity index is 4.27. The molecule has 0 spiro atoms. The van der Waals surface area contributed by atoms with Crippen molar-refractivity contribution < 1.29 is 18.7 Å². The van der Waals surface area contributed by atoms with Crippen molar-refractivity contribution in [3.8, 4) is 0 Å². The molecule has 0 aliphatic rings. The minimum atomic E-state index is -3.41. The van der Waals surface area contributed by atoms with E-state index in [9.17, 15) is 13.6 Å². The third-order valence-corrected chi connectivity index (χ3v) is 1.14. The van der Waals surface area contributed by atoms with E-state index in [1.165, 1.54) is 0 Å². The van der Waals surface area contributed by atoms with Crippen LogP contribution in [0.2, 0.25) is 0 Å². The molecule has 3 N–H and O–H groups in total. The number of hydrogen-bond donors (Lipinski definition) is 2. The summed E-state index contributed by atoms with van der Waals surface area (Å²) in [6.45, 7) is 3.06. The third kappa shape index (κ3) is 2.63. The van der Waals surface area contributed by atoms with E-state index in [4.69, 9.17) is 5.11 Å². The van der Waals surface area contributed by atoms with Crippen LogP contribution in [-0.2, 0) is 4.79 Å². The number of halogens is 2. The van der Waals surface area contributed by atoms with Gasteiger partial charge in [0.15, 0.2) is 6.04 Å². The first-order valence-corrected chi connectivity index (χ1v) is 2.89. The number of allylic oxidation sites excluding steroid dienone is 1. The second-order valence-corrected chi connectivity index (χ2v) is 2.07. The highest BCUT2D eigenvalue weighted by Crippen LogP contribution is 2.21. The van der Waals surface area contributed by atoms with Gasteiger partial charge in [0.1, 0.15) is 0 Å². The van der Waals surface area contributed by atoms with Crippen LogP contribution in [0.3, 0.4) is 0 Å². The van der Waals surface area contributed by atoms with Gasteiger partial charge in [-0.05, 0) is 0 Å². The van der Waals surface area contributed by atoms with Gasteiger partial charge in [0, 0.05) is 6.42 Å². The van der Waals surface area contributed by atoms with Gasteiger partial charge in [-0.15, -0.1) is 6.58 Å². The highest BCUT2D eigenvalue weighted by molar-refractivity contribution is 5.74. The van der Waals surface area contributed by atoms with Gasteiger partial charge in [0.2, 0.25) is 0 Å². The van der Waals surface area contributed by atoms with Crippen molar-refractivity contribution in [2.75, 3.05) is 0 Å². The van der Waals surface area contributed by atoms with Crippen molar-refractivity contribution in [3.05, 3.63) is 12.7 Å². The van der Waals surface area contributed by atoms with Crippen molar-refractivity contribution in [1.82, 2.24) is 0 Å². The Morgan fingerprint density at radius 3 is 2.55 bits per heavy atom. The van der Waals surface area contributed by atoms with Crippen molar-refractivity contribution in [2.45, 2.75) is 18.4 Å². The van der Waals surface area contributed by atoms with Crippen LogP contribution in [0.25, 0.3) is 0 Å². The fraction of sp³-hybridized carbons (Fsp3) is 0.500. The fourth-order valence-electron chi connectivity index (χ4n) is 0.500. The Hall–Kier alpha value is -0.970. The predicted molar refractivity (Wildman–Crippen MR) is 35.4 cm³/mol. The van der Waals surface area contributed by atoms with Crippen molar-refractivity contribution >= 4 is 5.97 Å². The fourth-order valence-corrected chi connectivity index (χ4v) is 0.500. The van der Waals surface area contributed by atoms with E-state index in [-0.39, 0.29) is 0 Å². The summed E-state index contributed by atoms with van der Waals surface area (Å²) in [5.41, 5.74) is 4.68. The lowest BCUT2D eigenvalue weighted by Crippen LogP contribution is -2.46. The molecule has 0 bridgehead atoms. The van der Waals surface area contributed by atoms with Gasteiger partial charge in [0.25, 0.3) is 5.92 Å². The molecule has 0 rings (SSSR count). The zero-order chi connectivity index (χ0) is 9.07. The molecule has 0 aromatic heterocycles. The van der Waals surface area contributed by atoms with Crippen LogP contribution in [0, 0.1) is 0 Å². The van der Waals surface area contributed by atoms with Gasteiger partial charge in [-0.1, -0.05) is 6.08 Å². The number of rotatable bonds is 4. The highest BCUT2D eigenvalue weighted by atomic mass is 19.3. The molecular weight excluding hydrogens is 156 g/mol. The zero-order valence-corrected chi connectivity index (χ0v) is 5.76. The molecule has 0 aliphatic heterocycles. The number of carbonyl (C=O) groups is 1. The van der Waals surface area contributed by atoms with Gasteiger partial charge in [-0.25, -0.2) is 8.78 Å². The van der Waals surface area contributed by atoms with Gasteiger partial charge in [-0.3, -0.25) is 4.79 Å². The lowest BCUT2D eigenvalue weighted by Gasteiger charge is -2.17. The summed E-state index contributed by atoms with van der Waals surface area (Å²) in [5, 5.41) is 8.10. The molecule has 0 fully saturated rings. The maximum Gasteiger partial charge on any atom is 0.326 e. The van der Waals surface area contributed by atoms with E-state index in [1.54, 1.807) is 0 Å². The second kappa shape index (κ2) is 3.43. The van der Waals surface area contributed by atoms with E-state index >= 15 is 0 Å². The molecule has 0 aromatic carbocycles. The molecule has 5 heteroatoms. The van der Waals surface area contributed by atoms with Gasteiger partial charge in [0.05, 0.1) is 0 Å². The standard InChI is InChI=1S/C6H9F2NO2/c1-2-3-6(7,8)4(9)5(10)11/h2,4H,1,3,9H2,(H,10,11)/t4-/m1/s1. The summed E-state index contributed by atoms with van der Waals surface area (Å²) in [7, 11) is 0. The first-order valence-electron chi connectivity index (χ1n) is 2.89. The van der Waals surface area contributed by atoms with E-state index in [0.29, 0.717) is 0 Å². The number of carboxylic acids is 1. The topological polar surface area (TPSA) is 63.3 Å². The Morgan fingerprint density at radius 2 is 2.27 bits per heavy atom. The molecule has 0 aromatic rings. The number of nitrogens with two attached hydrogens (primary N) is 1.